The largest absolute Gasteiger partial charge is 0.484 e. The summed E-state index contributed by atoms with van der Waals surface area (Å²) in [5, 5.41) is 34.9. The zero-order valence-electron chi connectivity index (χ0n) is 17.2. The van der Waals surface area contributed by atoms with E-state index in [0.29, 0.717) is 27.5 Å². The van der Waals surface area contributed by atoms with Crippen LogP contribution in [0.15, 0.2) is 40.9 Å². The molecule has 0 saturated carbocycles. The second kappa shape index (κ2) is 7.04. The zero-order chi connectivity index (χ0) is 22.6. The molecule has 0 fully saturated rings. The van der Waals surface area contributed by atoms with Crippen LogP contribution < -0.4 is 10.5 Å². The maximum atomic E-state index is 11.7. The summed E-state index contributed by atoms with van der Waals surface area (Å²) in [5.41, 5.74) is 4.35. The summed E-state index contributed by atoms with van der Waals surface area (Å²) in [6.45, 7) is 4.64. The molecule has 160 valence electrons. The Bertz CT molecular complexity index is 1200. The molecule has 1 aromatic heterocycles. The lowest BCUT2D eigenvalue weighted by molar-refractivity contribution is -0.154. The van der Waals surface area contributed by atoms with Crippen LogP contribution in [0.3, 0.4) is 0 Å². The molecule has 2 atom stereocenters. The number of benzene rings is 2. The van der Waals surface area contributed by atoms with Gasteiger partial charge in [0.25, 0.3) is 5.89 Å². The number of rotatable bonds is 3. The second-order valence-electron chi connectivity index (χ2n) is 8.19. The lowest BCUT2D eigenvalue weighted by Crippen LogP contribution is -2.70. The molecule has 1 aliphatic heterocycles. The van der Waals surface area contributed by atoms with Crippen LogP contribution >= 0.6 is 11.6 Å². The second-order valence-corrected chi connectivity index (χ2v) is 8.62. The van der Waals surface area contributed by atoms with Gasteiger partial charge < -0.3 is 25.2 Å². The number of aliphatic hydroxyl groups is 2. The number of ether oxygens (including phenoxy) is 1. The molecule has 2 aromatic carbocycles. The molecule has 8 nitrogen and oxygen atoms in total. The van der Waals surface area contributed by atoms with Crippen molar-refractivity contribution < 1.29 is 19.5 Å². The standard InChI is InChI=1S/C22H21ClN4O4/c1-20(2)21(3,29)22(25,13-4-6-14(23)7-5-13)16-9-12(10-24)8-15(18(16)30-20)19-26-17(11-28)27-31-19/h4-9,28-29H,11,25H2,1-3H3/t21-,22-/m0/s1. The van der Waals surface area contributed by atoms with Gasteiger partial charge in [-0.15, -0.1) is 0 Å². The number of nitriles is 1. The van der Waals surface area contributed by atoms with Gasteiger partial charge in [-0.2, -0.15) is 10.2 Å². The molecule has 0 bridgehead atoms. The molecule has 0 aliphatic carbocycles. The number of fused-ring (bicyclic) bond motifs is 1. The molecule has 4 rings (SSSR count). The van der Waals surface area contributed by atoms with Crippen LogP contribution in [-0.4, -0.2) is 31.6 Å². The predicted molar refractivity (Wildman–Crippen MR) is 112 cm³/mol. The molecule has 3 aromatic rings. The molecule has 4 N–H and O–H groups in total. The van der Waals surface area contributed by atoms with Crippen molar-refractivity contribution in [2.75, 3.05) is 0 Å². The predicted octanol–water partition coefficient (Wildman–Crippen LogP) is 2.88. The van der Waals surface area contributed by atoms with Crippen molar-refractivity contribution >= 4 is 11.6 Å². The fourth-order valence-corrected chi connectivity index (χ4v) is 4.05. The van der Waals surface area contributed by atoms with Gasteiger partial charge in [-0.3, -0.25) is 0 Å². The van der Waals surface area contributed by atoms with Gasteiger partial charge in [0, 0.05) is 10.6 Å². The number of hydrogen-bond acceptors (Lipinski definition) is 8. The van der Waals surface area contributed by atoms with E-state index < -0.39 is 23.3 Å². The topological polar surface area (TPSA) is 138 Å². The first-order valence-electron chi connectivity index (χ1n) is 9.54. The zero-order valence-corrected chi connectivity index (χ0v) is 17.9. The SMILES string of the molecule is CC1(C)Oc2c(-c3nc(CO)no3)cc(C#N)cc2[C@@](N)(c2ccc(Cl)cc2)[C@@]1(C)O. The first-order chi connectivity index (χ1) is 14.5. The number of halogens is 1. The van der Waals surface area contributed by atoms with Gasteiger partial charge in [-0.05, 0) is 50.6 Å². The summed E-state index contributed by atoms with van der Waals surface area (Å²) in [4.78, 5) is 4.16. The van der Waals surface area contributed by atoms with E-state index in [2.05, 4.69) is 16.2 Å². The van der Waals surface area contributed by atoms with Crippen molar-refractivity contribution in [3.8, 4) is 23.3 Å². The first-order valence-corrected chi connectivity index (χ1v) is 9.91. The van der Waals surface area contributed by atoms with Gasteiger partial charge in [-0.25, -0.2) is 0 Å². The highest BCUT2D eigenvalue weighted by Gasteiger charge is 2.61. The fourth-order valence-electron chi connectivity index (χ4n) is 3.92. The fraction of sp³-hybridized carbons (Fsp3) is 0.318. The maximum absolute atomic E-state index is 11.7. The van der Waals surface area contributed by atoms with E-state index in [-0.39, 0.29) is 17.3 Å². The minimum absolute atomic E-state index is 0.0631. The Balaban J connectivity index is 2.09. The van der Waals surface area contributed by atoms with E-state index in [0.717, 1.165) is 0 Å². The Hall–Kier alpha value is -2.96. The minimum Gasteiger partial charge on any atom is -0.484 e. The molecule has 31 heavy (non-hydrogen) atoms. The summed E-state index contributed by atoms with van der Waals surface area (Å²) in [5.74, 6) is 0.458. The molecule has 0 radical (unpaired) electrons. The third kappa shape index (κ3) is 3.01. The number of nitrogens with zero attached hydrogens (tertiary/aromatic N) is 3. The van der Waals surface area contributed by atoms with Crippen molar-refractivity contribution in [1.82, 2.24) is 10.1 Å². The van der Waals surface area contributed by atoms with Crippen molar-refractivity contribution in [1.29, 1.82) is 5.26 Å². The smallest absolute Gasteiger partial charge is 0.261 e. The van der Waals surface area contributed by atoms with Gasteiger partial charge >= 0.3 is 0 Å². The summed E-state index contributed by atoms with van der Waals surface area (Å²) in [6, 6.07) is 12.1. The monoisotopic (exact) mass is 440 g/mol. The summed E-state index contributed by atoms with van der Waals surface area (Å²) < 4.78 is 11.5. The van der Waals surface area contributed by atoms with E-state index in [1.807, 2.05) is 0 Å². The molecule has 9 heteroatoms. The number of hydrogen-bond donors (Lipinski definition) is 3. The van der Waals surface area contributed by atoms with Crippen molar-refractivity contribution in [3.05, 3.63) is 63.9 Å². The van der Waals surface area contributed by atoms with Crippen molar-refractivity contribution in [2.45, 2.75) is 44.1 Å². The Morgan fingerprint density at radius 2 is 1.87 bits per heavy atom. The summed E-state index contributed by atoms with van der Waals surface area (Å²) in [6.07, 6.45) is 0. The molecule has 0 saturated heterocycles. The molecule has 1 aliphatic rings. The van der Waals surface area contributed by atoms with Gasteiger partial charge in [0.15, 0.2) is 5.82 Å². The van der Waals surface area contributed by atoms with E-state index in [1.165, 1.54) is 0 Å². The van der Waals surface area contributed by atoms with Crippen LogP contribution in [-0.2, 0) is 12.1 Å². The highest BCUT2D eigenvalue weighted by molar-refractivity contribution is 6.30. The van der Waals surface area contributed by atoms with E-state index in [1.54, 1.807) is 57.2 Å². The van der Waals surface area contributed by atoms with Crippen LogP contribution in [0.25, 0.3) is 11.5 Å². The Labute approximate surface area is 183 Å². The Morgan fingerprint density at radius 1 is 1.19 bits per heavy atom. The van der Waals surface area contributed by atoms with Crippen molar-refractivity contribution in [3.63, 3.8) is 0 Å². The van der Waals surface area contributed by atoms with Crippen LogP contribution in [0.2, 0.25) is 5.02 Å². The van der Waals surface area contributed by atoms with Gasteiger partial charge in [0.05, 0.1) is 17.2 Å². The molecule has 0 amide bonds. The molecule has 0 unspecified atom stereocenters. The highest BCUT2D eigenvalue weighted by Crippen LogP contribution is 2.54. The van der Waals surface area contributed by atoms with Crippen LogP contribution in [0.4, 0.5) is 0 Å². The van der Waals surface area contributed by atoms with Crippen LogP contribution in [0.5, 0.6) is 5.75 Å². The lowest BCUT2D eigenvalue weighted by atomic mass is 9.62. The van der Waals surface area contributed by atoms with Gasteiger partial charge in [0.2, 0.25) is 0 Å². The minimum atomic E-state index is -1.60. The maximum Gasteiger partial charge on any atom is 0.261 e. The lowest BCUT2D eigenvalue weighted by Gasteiger charge is -2.55. The molecular weight excluding hydrogens is 420 g/mol. The highest BCUT2D eigenvalue weighted by atomic mass is 35.5. The number of nitrogens with two attached hydrogens (primary N) is 1. The van der Waals surface area contributed by atoms with Crippen LogP contribution in [0.1, 0.15) is 43.3 Å². The Kier molecular flexibility index (Phi) is 4.83. The third-order valence-corrected chi connectivity index (χ3v) is 6.33. The van der Waals surface area contributed by atoms with Crippen LogP contribution in [0, 0.1) is 11.3 Å². The molecule has 0 spiro atoms. The van der Waals surface area contributed by atoms with Gasteiger partial charge in [0.1, 0.15) is 29.1 Å². The number of aromatic nitrogens is 2. The average Bonchev–Trinajstić information content (AvgIpc) is 3.21. The third-order valence-electron chi connectivity index (χ3n) is 6.08. The number of aliphatic hydroxyl groups excluding tert-OH is 1. The van der Waals surface area contributed by atoms with Gasteiger partial charge in [-0.1, -0.05) is 28.9 Å². The van der Waals surface area contributed by atoms with E-state index in [4.69, 9.17) is 26.6 Å². The average molecular weight is 441 g/mol. The molecular formula is C22H21ClN4O4. The first kappa shape index (κ1) is 21.3. The quantitative estimate of drug-likeness (QED) is 0.565. The van der Waals surface area contributed by atoms with Crippen molar-refractivity contribution in [2.24, 2.45) is 5.73 Å². The normalized spacial score (nSPS) is 24.2. The summed E-state index contributed by atoms with van der Waals surface area (Å²) >= 11 is 6.07. The summed E-state index contributed by atoms with van der Waals surface area (Å²) in [7, 11) is 0. The molecule has 2 heterocycles. The van der Waals surface area contributed by atoms with E-state index >= 15 is 0 Å². The Morgan fingerprint density at radius 3 is 2.45 bits per heavy atom. The van der Waals surface area contributed by atoms with E-state index in [9.17, 15) is 15.5 Å².